The normalized spacial score (nSPS) is 17.6. The van der Waals surface area contributed by atoms with Crippen molar-refractivity contribution in [3.8, 4) is 11.5 Å². The lowest BCUT2D eigenvalue weighted by Gasteiger charge is -2.50. The molecule has 1 fully saturated rings. The first-order valence-electron chi connectivity index (χ1n) is 19.4. The van der Waals surface area contributed by atoms with Gasteiger partial charge < -0.3 is 23.8 Å². The molecule has 16 nitrogen and oxygen atoms in total. The van der Waals surface area contributed by atoms with Crippen LogP contribution < -0.4 is 20.7 Å². The number of nitro benzene ring substituents is 1. The van der Waals surface area contributed by atoms with Gasteiger partial charge in [0.2, 0.25) is 0 Å². The molecule has 0 aliphatic carbocycles. The number of hydrogen-bond donors (Lipinski definition) is 2. The van der Waals surface area contributed by atoms with Gasteiger partial charge in [-0.25, -0.2) is 14.1 Å². The summed E-state index contributed by atoms with van der Waals surface area (Å²) in [7, 11) is 3.71. The zero-order chi connectivity index (χ0) is 43.2. The van der Waals surface area contributed by atoms with Crippen LogP contribution in [0.15, 0.2) is 119 Å². The molecule has 0 amide bonds. The molecule has 60 heavy (non-hydrogen) atoms. The summed E-state index contributed by atoms with van der Waals surface area (Å²) >= 11 is 0. The number of nitrogens with zero attached hydrogens (tertiary/aromatic N) is 5. The lowest BCUT2D eigenvalue weighted by Crippen LogP contribution is -2.58. The molecule has 0 saturated carbocycles. The third-order valence-corrected chi connectivity index (χ3v) is 13.4. The second-order valence-corrected chi connectivity index (χ2v) is 17.5. The van der Waals surface area contributed by atoms with Gasteiger partial charge in [0.1, 0.15) is 0 Å². The molecule has 318 valence electrons. The van der Waals surface area contributed by atoms with Gasteiger partial charge in [0.15, 0.2) is 17.7 Å². The van der Waals surface area contributed by atoms with Gasteiger partial charge in [-0.1, -0.05) is 91.0 Å². The Labute approximate surface area is 348 Å². The maximum atomic E-state index is 14.8. The number of aromatic amines is 1. The number of aliphatic hydroxyl groups excluding tert-OH is 1. The van der Waals surface area contributed by atoms with Crippen molar-refractivity contribution >= 4 is 13.4 Å². The standard InChI is InChI=1S/C43H51N6O10P/c1-30-26-48(42(52)44-41(30)51)40-28-47(43(31-16-10-7-11-17-31,32-18-12-8-13-19-32)33-20-14-9-15-21-33)27-34(59-40)29-58-60(55,45(2)3)46(4)23-22-37(50)35-24-38(56-5)39(57-6)25-36(35)49(53)54/h7-21,24-26,34,37,40,50H,22-23,27-29H2,1-6H3,(H,44,51,52)/t34-,37?,40+,60?/m0/s1. The molecule has 0 bridgehead atoms. The first kappa shape index (κ1) is 44.1. The van der Waals surface area contributed by atoms with Crippen LogP contribution in [0.3, 0.4) is 0 Å². The van der Waals surface area contributed by atoms with Gasteiger partial charge in [-0.3, -0.25) is 33.9 Å². The zero-order valence-electron chi connectivity index (χ0n) is 34.5. The van der Waals surface area contributed by atoms with Crippen molar-refractivity contribution in [3.05, 3.63) is 168 Å². The Morgan fingerprint density at radius 3 is 1.95 bits per heavy atom. The summed E-state index contributed by atoms with van der Waals surface area (Å²) in [6.07, 6.45) is -1.60. The van der Waals surface area contributed by atoms with E-state index in [1.807, 2.05) is 54.6 Å². The second-order valence-electron chi connectivity index (χ2n) is 14.7. The van der Waals surface area contributed by atoms with Gasteiger partial charge in [-0.15, -0.1) is 0 Å². The van der Waals surface area contributed by atoms with E-state index >= 15 is 0 Å². The quantitative estimate of drug-likeness (QED) is 0.0504. The van der Waals surface area contributed by atoms with Crippen molar-refractivity contribution in [2.45, 2.75) is 37.3 Å². The third kappa shape index (κ3) is 8.86. The number of rotatable bonds is 17. The maximum Gasteiger partial charge on any atom is 0.345 e. The molecule has 4 atom stereocenters. The summed E-state index contributed by atoms with van der Waals surface area (Å²) in [5.74, 6) is 0.352. The summed E-state index contributed by atoms with van der Waals surface area (Å²) in [5.41, 5.74) is 0.792. The van der Waals surface area contributed by atoms with Crippen molar-refractivity contribution in [2.24, 2.45) is 0 Å². The molecular weight excluding hydrogens is 791 g/mol. The predicted molar refractivity (Wildman–Crippen MR) is 226 cm³/mol. The summed E-state index contributed by atoms with van der Waals surface area (Å²) in [5, 5.41) is 23.2. The smallest absolute Gasteiger partial charge is 0.345 e. The van der Waals surface area contributed by atoms with Gasteiger partial charge in [0, 0.05) is 31.4 Å². The van der Waals surface area contributed by atoms with Crippen molar-refractivity contribution in [2.75, 3.05) is 61.6 Å². The Morgan fingerprint density at radius 1 is 0.917 bits per heavy atom. The number of hydrogen-bond acceptors (Lipinski definition) is 11. The van der Waals surface area contributed by atoms with Crippen LogP contribution in [-0.2, 0) is 19.4 Å². The average molecular weight is 843 g/mol. The van der Waals surface area contributed by atoms with Crippen molar-refractivity contribution in [1.82, 2.24) is 23.8 Å². The Morgan fingerprint density at radius 2 is 1.45 bits per heavy atom. The van der Waals surface area contributed by atoms with Crippen LogP contribution in [0.2, 0.25) is 0 Å². The van der Waals surface area contributed by atoms with E-state index in [4.69, 9.17) is 18.7 Å². The van der Waals surface area contributed by atoms with Gasteiger partial charge in [0.25, 0.3) is 11.2 Å². The predicted octanol–water partition coefficient (Wildman–Crippen LogP) is 5.70. The van der Waals surface area contributed by atoms with Crippen LogP contribution in [0, 0.1) is 17.0 Å². The minimum Gasteiger partial charge on any atom is -0.493 e. The number of nitrogens with one attached hydrogen (secondary N) is 1. The molecule has 17 heteroatoms. The zero-order valence-corrected chi connectivity index (χ0v) is 35.4. The molecule has 6 rings (SSSR count). The van der Waals surface area contributed by atoms with E-state index in [0.29, 0.717) is 5.56 Å². The number of aryl methyl sites for hydroxylation is 1. The minimum absolute atomic E-state index is 0.00752. The fraction of sp³-hybridized carbons (Fsp3) is 0.349. The first-order chi connectivity index (χ1) is 28.7. The molecule has 1 aromatic heterocycles. The van der Waals surface area contributed by atoms with Crippen molar-refractivity contribution in [1.29, 1.82) is 0 Å². The largest absolute Gasteiger partial charge is 0.493 e. The fourth-order valence-electron chi connectivity index (χ4n) is 7.82. The third-order valence-electron chi connectivity index (χ3n) is 10.8. The van der Waals surface area contributed by atoms with Crippen LogP contribution in [0.1, 0.15) is 46.6 Å². The van der Waals surface area contributed by atoms with Crippen LogP contribution in [-0.4, -0.2) is 102 Å². The number of ether oxygens (including phenoxy) is 3. The highest BCUT2D eigenvalue weighted by atomic mass is 31.2. The molecule has 1 aliphatic rings. The van der Waals surface area contributed by atoms with E-state index < -0.39 is 47.8 Å². The van der Waals surface area contributed by atoms with E-state index in [2.05, 4.69) is 46.3 Å². The SMILES string of the molecule is COc1cc(C(O)CCN(C)P(=O)(OC[C@@H]2CN(C(c3ccccc3)(c3ccccc3)c3ccccc3)C[C@H](n3cc(C)c(=O)[nH]c3=O)O2)N(C)C)c([N+](=O)[O-])cc1OC. The van der Waals surface area contributed by atoms with Crippen LogP contribution in [0.5, 0.6) is 11.5 Å². The summed E-state index contributed by atoms with van der Waals surface area (Å²) in [6.45, 7) is 1.88. The second kappa shape index (κ2) is 18.9. The lowest BCUT2D eigenvalue weighted by molar-refractivity contribution is -0.386. The summed E-state index contributed by atoms with van der Waals surface area (Å²) < 4.78 is 42.7. The molecule has 0 radical (unpaired) electrons. The first-order valence-corrected chi connectivity index (χ1v) is 20.9. The van der Waals surface area contributed by atoms with E-state index in [9.17, 15) is 29.4 Å². The number of H-pyrrole nitrogens is 1. The Balaban J connectivity index is 1.35. The molecule has 2 heterocycles. The molecule has 5 aromatic rings. The Bertz CT molecular complexity index is 2320. The summed E-state index contributed by atoms with van der Waals surface area (Å²) in [4.78, 5) is 42.0. The molecule has 2 unspecified atom stereocenters. The number of nitro groups is 1. The van der Waals surface area contributed by atoms with E-state index in [1.54, 1.807) is 28.1 Å². The number of morpholine rings is 1. The monoisotopic (exact) mass is 842 g/mol. The highest BCUT2D eigenvalue weighted by Crippen LogP contribution is 2.53. The fourth-order valence-corrected chi connectivity index (χ4v) is 9.59. The molecule has 1 saturated heterocycles. The van der Waals surface area contributed by atoms with Crippen LogP contribution in [0.4, 0.5) is 5.69 Å². The maximum absolute atomic E-state index is 14.8. The Hall–Kier alpha value is -5.45. The topological polar surface area (TPSA) is 182 Å². The van der Waals surface area contributed by atoms with Gasteiger partial charge in [-0.05, 0) is 57.2 Å². The van der Waals surface area contributed by atoms with E-state index in [-0.39, 0.29) is 55.4 Å². The van der Waals surface area contributed by atoms with Gasteiger partial charge >= 0.3 is 13.4 Å². The van der Waals surface area contributed by atoms with E-state index in [0.717, 1.165) is 16.7 Å². The number of aromatic nitrogens is 2. The highest BCUT2D eigenvalue weighted by Gasteiger charge is 2.47. The molecule has 2 N–H and O–H groups in total. The average Bonchev–Trinajstić information content (AvgIpc) is 3.26. The summed E-state index contributed by atoms with van der Waals surface area (Å²) in [6, 6.07) is 32.7. The Kier molecular flexibility index (Phi) is 13.9. The number of methoxy groups -OCH3 is 2. The minimum atomic E-state index is -3.84. The molecular formula is C43H51N6O10P. The number of benzene rings is 4. The van der Waals surface area contributed by atoms with Crippen LogP contribution >= 0.6 is 7.67 Å². The van der Waals surface area contributed by atoms with Gasteiger partial charge in [0.05, 0.1) is 55.1 Å². The lowest BCUT2D eigenvalue weighted by atomic mass is 9.75. The van der Waals surface area contributed by atoms with Crippen molar-refractivity contribution < 1.29 is 33.3 Å². The highest BCUT2D eigenvalue weighted by molar-refractivity contribution is 7.53. The van der Waals surface area contributed by atoms with Gasteiger partial charge in [-0.2, -0.15) is 0 Å². The van der Waals surface area contributed by atoms with Crippen molar-refractivity contribution in [3.63, 3.8) is 0 Å². The molecule has 1 aliphatic heterocycles. The number of aliphatic hydroxyl groups is 1. The molecule has 0 spiro atoms. The molecule has 4 aromatic carbocycles. The van der Waals surface area contributed by atoms with E-state index in [1.165, 1.54) is 46.5 Å². The van der Waals surface area contributed by atoms with Crippen LogP contribution in [0.25, 0.3) is 0 Å².